The van der Waals surface area contributed by atoms with Crippen molar-refractivity contribution in [3.8, 4) is 11.3 Å². The van der Waals surface area contributed by atoms with Crippen molar-refractivity contribution >= 4 is 6.47 Å². The van der Waals surface area contributed by atoms with Gasteiger partial charge in [-0.05, 0) is 55.5 Å². The van der Waals surface area contributed by atoms with E-state index in [-0.39, 0.29) is 18.2 Å². The fraction of sp³-hybridized carbons (Fsp3) is 0.429. The predicted molar refractivity (Wildman–Crippen MR) is 129 cm³/mol. The van der Waals surface area contributed by atoms with Gasteiger partial charge in [0.2, 0.25) is 0 Å². The molecule has 1 aliphatic heterocycles. The monoisotopic (exact) mass is 478 g/mol. The maximum Gasteiger partial charge on any atom is 0.293 e. The van der Waals surface area contributed by atoms with E-state index in [1.807, 2.05) is 42.5 Å². The largest absolute Gasteiger partial charge is 0.460 e. The fourth-order valence-electron chi connectivity index (χ4n) is 5.27. The zero-order chi connectivity index (χ0) is 24.0. The molecule has 2 heterocycles. The molecule has 2 fully saturated rings. The highest BCUT2D eigenvalue weighted by Gasteiger charge is 2.29. The van der Waals surface area contributed by atoms with Crippen LogP contribution in [0, 0.1) is 5.82 Å². The Morgan fingerprint density at radius 1 is 1.06 bits per heavy atom. The molecule has 2 aliphatic rings. The minimum Gasteiger partial charge on any atom is -0.460 e. The van der Waals surface area contributed by atoms with E-state index in [9.17, 15) is 9.18 Å². The minimum atomic E-state index is -0.355. The van der Waals surface area contributed by atoms with Gasteiger partial charge in [0, 0.05) is 17.5 Å². The van der Waals surface area contributed by atoms with Gasteiger partial charge in [0.05, 0.1) is 30.6 Å². The lowest BCUT2D eigenvalue weighted by atomic mass is 9.97. The molecule has 35 heavy (non-hydrogen) atoms. The van der Waals surface area contributed by atoms with E-state index in [0.29, 0.717) is 45.0 Å². The van der Waals surface area contributed by atoms with Gasteiger partial charge in [0.15, 0.2) is 6.29 Å². The summed E-state index contributed by atoms with van der Waals surface area (Å²) in [6.07, 6.45) is 5.62. The van der Waals surface area contributed by atoms with Gasteiger partial charge in [-0.3, -0.25) is 9.48 Å². The van der Waals surface area contributed by atoms with E-state index in [1.165, 1.54) is 25.0 Å². The summed E-state index contributed by atoms with van der Waals surface area (Å²) in [5.74, 6) is -0.262. The molecule has 0 spiro atoms. The minimum absolute atomic E-state index is 0.262. The smallest absolute Gasteiger partial charge is 0.293 e. The van der Waals surface area contributed by atoms with Gasteiger partial charge < -0.3 is 14.2 Å². The van der Waals surface area contributed by atoms with E-state index in [2.05, 4.69) is 4.68 Å². The third kappa shape index (κ3) is 5.46. The predicted octanol–water partition coefficient (Wildman–Crippen LogP) is 5.57. The quantitative estimate of drug-likeness (QED) is 0.357. The third-order valence-electron chi connectivity index (χ3n) is 6.98. The summed E-state index contributed by atoms with van der Waals surface area (Å²) in [6, 6.07) is 16.7. The Morgan fingerprint density at radius 2 is 1.77 bits per heavy atom. The summed E-state index contributed by atoms with van der Waals surface area (Å²) < 4.78 is 33.0. The van der Waals surface area contributed by atoms with Crippen LogP contribution >= 0.6 is 0 Å². The number of halogens is 1. The first-order valence-electron chi connectivity index (χ1n) is 12.5. The van der Waals surface area contributed by atoms with Crippen molar-refractivity contribution in [2.45, 2.75) is 63.4 Å². The highest BCUT2D eigenvalue weighted by Crippen LogP contribution is 2.38. The van der Waals surface area contributed by atoms with E-state index in [4.69, 9.17) is 19.3 Å². The Kier molecular flexibility index (Phi) is 7.54. The first-order valence-corrected chi connectivity index (χ1v) is 12.5. The number of aromatic nitrogens is 2. The maximum absolute atomic E-state index is 13.8. The molecule has 3 aromatic rings. The van der Waals surface area contributed by atoms with E-state index < -0.39 is 0 Å². The van der Waals surface area contributed by atoms with Crippen molar-refractivity contribution < 1.29 is 23.4 Å². The highest BCUT2D eigenvalue weighted by molar-refractivity contribution is 5.65. The number of carbonyl (C=O) groups is 1. The Balaban J connectivity index is 1.52. The SMILES string of the molecule is O=COC(CCc1nn(C2CCCC2)c(-c2ccc(F)cc2)c1CC1OCCO1)c1ccccc1. The van der Waals surface area contributed by atoms with Crippen LogP contribution in [0.15, 0.2) is 54.6 Å². The second-order valence-electron chi connectivity index (χ2n) is 9.21. The van der Waals surface area contributed by atoms with Crippen LogP contribution in [0.2, 0.25) is 0 Å². The molecule has 1 aromatic heterocycles. The van der Waals surface area contributed by atoms with Crippen molar-refractivity contribution in [1.29, 1.82) is 0 Å². The van der Waals surface area contributed by atoms with Crippen molar-refractivity contribution in [1.82, 2.24) is 9.78 Å². The van der Waals surface area contributed by atoms with Gasteiger partial charge in [-0.2, -0.15) is 5.10 Å². The second kappa shape index (κ2) is 11.1. The highest BCUT2D eigenvalue weighted by atomic mass is 19.1. The molecule has 7 heteroatoms. The first kappa shape index (κ1) is 23.7. The van der Waals surface area contributed by atoms with Crippen molar-refractivity contribution in [2.24, 2.45) is 0 Å². The van der Waals surface area contributed by atoms with Gasteiger partial charge in [-0.1, -0.05) is 43.2 Å². The Labute approximate surface area is 205 Å². The number of nitrogens with zero attached hydrogens (tertiary/aromatic N) is 2. The molecule has 6 nitrogen and oxygen atoms in total. The Hall–Kier alpha value is -3.03. The van der Waals surface area contributed by atoms with Crippen molar-refractivity contribution in [3.05, 3.63) is 77.2 Å². The average molecular weight is 479 g/mol. The van der Waals surface area contributed by atoms with E-state index >= 15 is 0 Å². The standard InChI is InChI=1S/C28H31FN2O4/c29-22-12-10-21(11-13-22)28-24(18-27-33-16-17-34-27)25(30-31(28)23-8-4-5-9-23)14-15-26(35-19-32)20-6-2-1-3-7-20/h1-3,6-7,10-13,19,23,26-27H,4-5,8-9,14-18H2. The molecule has 5 rings (SSSR count). The second-order valence-corrected chi connectivity index (χ2v) is 9.21. The molecular weight excluding hydrogens is 447 g/mol. The molecule has 1 saturated carbocycles. The van der Waals surface area contributed by atoms with Crippen LogP contribution < -0.4 is 0 Å². The molecule has 0 N–H and O–H groups in total. The maximum atomic E-state index is 13.8. The van der Waals surface area contributed by atoms with Crippen LogP contribution in [-0.4, -0.2) is 35.8 Å². The number of benzene rings is 2. The molecule has 0 amide bonds. The van der Waals surface area contributed by atoms with Gasteiger partial charge in [0.1, 0.15) is 11.9 Å². The van der Waals surface area contributed by atoms with E-state index in [0.717, 1.165) is 40.9 Å². The molecule has 2 aromatic carbocycles. The molecule has 1 atom stereocenters. The summed E-state index contributed by atoms with van der Waals surface area (Å²) in [5.41, 5.74) is 4.92. The van der Waals surface area contributed by atoms with Gasteiger partial charge in [-0.15, -0.1) is 0 Å². The van der Waals surface area contributed by atoms with Crippen LogP contribution in [0.3, 0.4) is 0 Å². The van der Waals surface area contributed by atoms with Crippen LogP contribution in [0.1, 0.15) is 61.1 Å². The van der Waals surface area contributed by atoms with Gasteiger partial charge in [-0.25, -0.2) is 4.39 Å². The number of aryl methyl sites for hydroxylation is 1. The number of rotatable bonds is 10. The fourth-order valence-corrected chi connectivity index (χ4v) is 5.27. The van der Waals surface area contributed by atoms with Gasteiger partial charge >= 0.3 is 0 Å². The molecular formula is C28H31FN2O4. The van der Waals surface area contributed by atoms with Gasteiger partial charge in [0.25, 0.3) is 6.47 Å². The normalized spacial score (nSPS) is 17.6. The van der Waals surface area contributed by atoms with Crippen LogP contribution in [0.5, 0.6) is 0 Å². The van der Waals surface area contributed by atoms with Crippen molar-refractivity contribution in [2.75, 3.05) is 13.2 Å². The lowest BCUT2D eigenvalue weighted by Gasteiger charge is -2.17. The summed E-state index contributed by atoms with van der Waals surface area (Å²) in [5, 5.41) is 5.13. The number of hydrogen-bond donors (Lipinski definition) is 0. The molecule has 0 bridgehead atoms. The zero-order valence-electron chi connectivity index (χ0n) is 19.8. The van der Waals surface area contributed by atoms with Crippen LogP contribution in [0.4, 0.5) is 4.39 Å². The zero-order valence-corrected chi connectivity index (χ0v) is 19.8. The van der Waals surface area contributed by atoms with Crippen LogP contribution in [-0.2, 0) is 31.8 Å². The first-order chi connectivity index (χ1) is 17.2. The Bertz CT molecular complexity index is 1100. The molecule has 1 aliphatic carbocycles. The summed E-state index contributed by atoms with van der Waals surface area (Å²) in [7, 11) is 0. The summed E-state index contributed by atoms with van der Waals surface area (Å²) >= 11 is 0. The number of hydrogen-bond acceptors (Lipinski definition) is 5. The number of carbonyl (C=O) groups excluding carboxylic acids is 1. The number of ether oxygens (including phenoxy) is 3. The summed E-state index contributed by atoms with van der Waals surface area (Å²) in [6.45, 7) is 1.66. The molecule has 1 unspecified atom stereocenters. The Morgan fingerprint density at radius 3 is 2.46 bits per heavy atom. The molecule has 1 saturated heterocycles. The molecule has 184 valence electrons. The van der Waals surface area contributed by atoms with Crippen LogP contribution in [0.25, 0.3) is 11.3 Å². The van der Waals surface area contributed by atoms with Crippen molar-refractivity contribution in [3.63, 3.8) is 0 Å². The lowest BCUT2D eigenvalue weighted by Crippen LogP contribution is -2.14. The lowest BCUT2D eigenvalue weighted by molar-refractivity contribution is -0.134. The molecule has 0 radical (unpaired) electrons. The summed E-state index contributed by atoms with van der Waals surface area (Å²) in [4.78, 5) is 11.2. The van der Waals surface area contributed by atoms with E-state index in [1.54, 1.807) is 0 Å². The average Bonchev–Trinajstić information content (AvgIpc) is 3.65. The third-order valence-corrected chi connectivity index (χ3v) is 6.98. The topological polar surface area (TPSA) is 62.6 Å².